The zero-order valence-corrected chi connectivity index (χ0v) is 17.5. The summed E-state index contributed by atoms with van der Waals surface area (Å²) in [6, 6.07) is 18.2. The number of aryl methyl sites for hydroxylation is 2. The number of rotatable bonds is 9. The highest BCUT2D eigenvalue weighted by Crippen LogP contribution is 2.16. The molecule has 3 aromatic rings. The van der Waals surface area contributed by atoms with Crippen molar-refractivity contribution >= 4 is 17.7 Å². The van der Waals surface area contributed by atoms with Crippen molar-refractivity contribution < 1.29 is 4.79 Å². The molecule has 0 aliphatic rings. The number of carbonyl (C=O) groups excluding carboxylic acids is 1. The number of benzene rings is 2. The maximum atomic E-state index is 12.4. The quantitative estimate of drug-likeness (QED) is 0.530. The summed E-state index contributed by atoms with van der Waals surface area (Å²) in [7, 11) is 0. The fourth-order valence-corrected chi connectivity index (χ4v) is 3.82. The zero-order chi connectivity index (χ0) is 20.6. The van der Waals surface area contributed by atoms with E-state index in [0.29, 0.717) is 11.7 Å². The van der Waals surface area contributed by atoms with Gasteiger partial charge in [-0.05, 0) is 36.5 Å². The Morgan fingerprint density at radius 1 is 1.14 bits per heavy atom. The topological polar surface area (TPSA) is 79.8 Å². The standard InChI is InChI=1S/C22H26N4O2S/c1-3-17-9-11-19(12-10-17)16(2)23-20(27)15-29-22-25-24-21(28)26(22)14-13-18-7-5-4-6-8-18/h4-12,16H,3,13-15H2,1-2H3,(H,23,27)(H,24,28)/t16-/m0/s1. The molecule has 1 amide bonds. The molecule has 3 rings (SSSR count). The monoisotopic (exact) mass is 410 g/mol. The first kappa shape index (κ1) is 20.9. The van der Waals surface area contributed by atoms with Gasteiger partial charge in [0.25, 0.3) is 0 Å². The number of thioether (sulfide) groups is 1. The minimum absolute atomic E-state index is 0.0755. The average Bonchev–Trinajstić information content (AvgIpc) is 3.11. The Hall–Kier alpha value is -2.80. The summed E-state index contributed by atoms with van der Waals surface area (Å²) < 4.78 is 1.58. The van der Waals surface area contributed by atoms with Crippen LogP contribution in [0.2, 0.25) is 0 Å². The Kier molecular flexibility index (Phi) is 7.30. The lowest BCUT2D eigenvalue weighted by Gasteiger charge is -2.14. The van der Waals surface area contributed by atoms with Gasteiger partial charge in [0, 0.05) is 6.54 Å². The number of nitrogens with zero attached hydrogens (tertiary/aromatic N) is 2. The Labute approximate surface area is 174 Å². The third kappa shape index (κ3) is 5.84. The molecule has 0 bridgehead atoms. The van der Waals surface area contributed by atoms with Crippen LogP contribution in [0, 0.1) is 0 Å². The molecule has 0 saturated carbocycles. The van der Waals surface area contributed by atoms with Crippen LogP contribution in [0.3, 0.4) is 0 Å². The predicted octanol–water partition coefficient (Wildman–Crippen LogP) is 3.35. The molecule has 0 spiro atoms. The average molecular weight is 411 g/mol. The van der Waals surface area contributed by atoms with E-state index in [-0.39, 0.29) is 23.4 Å². The Morgan fingerprint density at radius 2 is 1.86 bits per heavy atom. The van der Waals surface area contributed by atoms with Crippen molar-refractivity contribution in [1.29, 1.82) is 0 Å². The molecular weight excluding hydrogens is 384 g/mol. The number of hydrogen-bond donors (Lipinski definition) is 2. The van der Waals surface area contributed by atoms with E-state index >= 15 is 0 Å². The van der Waals surface area contributed by atoms with Gasteiger partial charge < -0.3 is 5.32 Å². The number of hydrogen-bond acceptors (Lipinski definition) is 4. The zero-order valence-electron chi connectivity index (χ0n) is 16.7. The molecule has 0 radical (unpaired) electrons. The summed E-state index contributed by atoms with van der Waals surface area (Å²) in [5.41, 5.74) is 3.24. The summed E-state index contributed by atoms with van der Waals surface area (Å²) >= 11 is 1.26. The molecule has 1 aromatic heterocycles. The molecule has 0 fully saturated rings. The van der Waals surface area contributed by atoms with Crippen molar-refractivity contribution in [3.05, 3.63) is 81.8 Å². The molecule has 6 nitrogen and oxygen atoms in total. The number of amides is 1. The van der Waals surface area contributed by atoms with Gasteiger partial charge in [-0.2, -0.15) is 0 Å². The maximum absolute atomic E-state index is 12.4. The molecule has 7 heteroatoms. The Bertz CT molecular complexity index is 980. The first-order valence-electron chi connectivity index (χ1n) is 9.77. The summed E-state index contributed by atoms with van der Waals surface area (Å²) in [5, 5.41) is 10.1. The largest absolute Gasteiger partial charge is 0.349 e. The van der Waals surface area contributed by atoms with Crippen molar-refractivity contribution in [2.45, 2.75) is 44.4 Å². The highest BCUT2D eigenvalue weighted by atomic mass is 32.2. The summed E-state index contributed by atoms with van der Waals surface area (Å²) in [4.78, 5) is 24.4. The number of H-pyrrole nitrogens is 1. The van der Waals surface area contributed by atoms with Crippen LogP contribution < -0.4 is 11.0 Å². The summed E-state index contributed by atoms with van der Waals surface area (Å²) in [6.07, 6.45) is 1.72. The van der Waals surface area contributed by atoms with Crippen LogP contribution in [0.25, 0.3) is 0 Å². The van der Waals surface area contributed by atoms with Crippen molar-refractivity contribution in [1.82, 2.24) is 20.1 Å². The lowest BCUT2D eigenvalue weighted by molar-refractivity contribution is -0.119. The van der Waals surface area contributed by atoms with Crippen LogP contribution in [0.4, 0.5) is 0 Å². The normalized spacial score (nSPS) is 11.9. The predicted molar refractivity (Wildman–Crippen MR) is 116 cm³/mol. The van der Waals surface area contributed by atoms with E-state index < -0.39 is 0 Å². The van der Waals surface area contributed by atoms with E-state index in [1.807, 2.05) is 49.4 Å². The second-order valence-electron chi connectivity index (χ2n) is 6.87. The molecule has 1 heterocycles. The van der Waals surface area contributed by atoms with Gasteiger partial charge in [-0.25, -0.2) is 9.89 Å². The van der Waals surface area contributed by atoms with Gasteiger partial charge in [-0.15, -0.1) is 5.10 Å². The van der Waals surface area contributed by atoms with Gasteiger partial charge in [0.05, 0.1) is 11.8 Å². The highest BCUT2D eigenvalue weighted by Gasteiger charge is 2.14. The smallest absolute Gasteiger partial charge is 0.343 e. The third-order valence-corrected chi connectivity index (χ3v) is 5.76. The lowest BCUT2D eigenvalue weighted by atomic mass is 10.1. The van der Waals surface area contributed by atoms with E-state index in [2.05, 4.69) is 34.6 Å². The van der Waals surface area contributed by atoms with Crippen LogP contribution in [0.1, 0.15) is 36.6 Å². The van der Waals surface area contributed by atoms with Gasteiger partial charge in [0.15, 0.2) is 5.16 Å². The Morgan fingerprint density at radius 3 is 2.55 bits per heavy atom. The fourth-order valence-electron chi connectivity index (χ4n) is 3.03. The van der Waals surface area contributed by atoms with Gasteiger partial charge in [-0.3, -0.25) is 9.36 Å². The van der Waals surface area contributed by atoms with Gasteiger partial charge in [-0.1, -0.05) is 73.3 Å². The van der Waals surface area contributed by atoms with Crippen LogP contribution in [-0.4, -0.2) is 26.4 Å². The van der Waals surface area contributed by atoms with Gasteiger partial charge in [0.1, 0.15) is 0 Å². The van der Waals surface area contributed by atoms with Crippen molar-refractivity contribution in [3.8, 4) is 0 Å². The molecule has 0 aliphatic heterocycles. The van der Waals surface area contributed by atoms with Crippen molar-refractivity contribution in [3.63, 3.8) is 0 Å². The van der Waals surface area contributed by atoms with E-state index in [1.54, 1.807) is 4.57 Å². The van der Waals surface area contributed by atoms with E-state index in [1.165, 1.54) is 17.3 Å². The number of nitrogens with one attached hydrogen (secondary N) is 2. The molecule has 2 N–H and O–H groups in total. The SMILES string of the molecule is CCc1ccc([C@H](C)NC(=O)CSc2n[nH]c(=O)n2CCc2ccccc2)cc1. The first-order chi connectivity index (χ1) is 14.1. The minimum Gasteiger partial charge on any atom is -0.349 e. The number of aromatic nitrogens is 3. The highest BCUT2D eigenvalue weighted by molar-refractivity contribution is 7.99. The molecular formula is C22H26N4O2S. The second kappa shape index (κ2) is 10.1. The van der Waals surface area contributed by atoms with Crippen molar-refractivity contribution in [2.24, 2.45) is 0 Å². The first-order valence-corrected chi connectivity index (χ1v) is 10.8. The maximum Gasteiger partial charge on any atom is 0.343 e. The summed E-state index contributed by atoms with van der Waals surface area (Å²) in [5.74, 6) is 0.111. The third-order valence-electron chi connectivity index (χ3n) is 4.79. The van der Waals surface area contributed by atoms with Gasteiger partial charge in [0.2, 0.25) is 5.91 Å². The molecule has 29 heavy (non-hydrogen) atoms. The molecule has 152 valence electrons. The molecule has 2 aromatic carbocycles. The van der Waals surface area contributed by atoms with E-state index in [0.717, 1.165) is 24.0 Å². The minimum atomic E-state index is -0.256. The van der Waals surface area contributed by atoms with E-state index in [4.69, 9.17) is 0 Å². The number of aromatic amines is 1. The summed E-state index contributed by atoms with van der Waals surface area (Å²) in [6.45, 7) is 4.60. The van der Waals surface area contributed by atoms with Crippen molar-refractivity contribution in [2.75, 3.05) is 5.75 Å². The molecule has 1 atom stereocenters. The lowest BCUT2D eigenvalue weighted by Crippen LogP contribution is -2.28. The van der Waals surface area contributed by atoms with Crippen LogP contribution >= 0.6 is 11.8 Å². The van der Waals surface area contributed by atoms with Crippen LogP contribution in [0.5, 0.6) is 0 Å². The number of carbonyl (C=O) groups is 1. The second-order valence-corrected chi connectivity index (χ2v) is 7.81. The molecule has 0 aliphatic carbocycles. The molecule has 0 saturated heterocycles. The molecule has 0 unspecified atom stereocenters. The fraction of sp³-hybridized carbons (Fsp3) is 0.318. The van der Waals surface area contributed by atoms with Crippen LogP contribution in [0.15, 0.2) is 64.5 Å². The van der Waals surface area contributed by atoms with Gasteiger partial charge >= 0.3 is 5.69 Å². The Balaban J connectivity index is 1.54. The van der Waals surface area contributed by atoms with E-state index in [9.17, 15) is 9.59 Å². The van der Waals surface area contributed by atoms with Crippen LogP contribution in [-0.2, 0) is 24.2 Å².